The van der Waals surface area contributed by atoms with Gasteiger partial charge in [0.05, 0.1) is 40.1 Å². The first kappa shape index (κ1) is 31.5. The van der Waals surface area contributed by atoms with E-state index >= 15 is 0 Å². The molecule has 2 saturated heterocycles. The molecular weight excluding hydrogens is 616 g/mol. The molecule has 4 heterocycles. The molecule has 0 radical (unpaired) electrons. The van der Waals surface area contributed by atoms with Crippen LogP contribution in [0.15, 0.2) is 95.0 Å². The van der Waals surface area contributed by atoms with E-state index in [0.29, 0.717) is 11.5 Å². The predicted octanol–water partition coefficient (Wildman–Crippen LogP) is 3.39. The molecule has 0 amide bonds. The summed E-state index contributed by atoms with van der Waals surface area (Å²) in [5.74, 6) is 1.51. The van der Waals surface area contributed by atoms with Crippen LogP contribution >= 0.6 is 0 Å². The molecule has 2 bridgehead atoms. The van der Waals surface area contributed by atoms with E-state index in [2.05, 4.69) is 19.9 Å². The third-order valence-electron chi connectivity index (χ3n) is 8.82. The van der Waals surface area contributed by atoms with Gasteiger partial charge in [-0.3, -0.25) is 14.3 Å². The van der Waals surface area contributed by atoms with E-state index in [0.717, 1.165) is 16.7 Å². The summed E-state index contributed by atoms with van der Waals surface area (Å²) in [5, 5.41) is 11.7. The normalized spacial score (nSPS) is 22.1. The van der Waals surface area contributed by atoms with Gasteiger partial charge in [0.1, 0.15) is 34.9 Å². The van der Waals surface area contributed by atoms with Crippen LogP contribution in [-0.4, -0.2) is 95.2 Å². The van der Waals surface area contributed by atoms with Gasteiger partial charge in [-0.2, -0.15) is 4.98 Å². The van der Waals surface area contributed by atoms with Crippen molar-refractivity contribution in [3.63, 3.8) is 0 Å². The minimum absolute atomic E-state index is 0.0485. The summed E-state index contributed by atoms with van der Waals surface area (Å²) < 4.78 is 32.4. The third-order valence-corrected chi connectivity index (χ3v) is 8.82. The number of nitrogens with zero attached hydrogens (tertiary/aromatic N) is 5. The Morgan fingerprint density at radius 2 is 1.65 bits per heavy atom. The first-order chi connectivity index (χ1) is 23.3. The Balaban J connectivity index is 1.28. The fraction of sp³-hybridized carbons (Fsp3) is 0.314. The van der Waals surface area contributed by atoms with Crippen LogP contribution in [0.1, 0.15) is 22.9 Å². The van der Waals surface area contributed by atoms with Crippen LogP contribution in [0.25, 0.3) is 11.2 Å². The number of H-pyrrole nitrogens is 1. The molecule has 2 aliphatic rings. The van der Waals surface area contributed by atoms with E-state index in [1.54, 1.807) is 23.7 Å². The van der Waals surface area contributed by atoms with E-state index in [1.807, 2.05) is 93.0 Å². The van der Waals surface area contributed by atoms with Crippen LogP contribution in [0.3, 0.4) is 0 Å². The Hall–Kier alpha value is -5.08. The molecule has 4 atom stereocenters. The van der Waals surface area contributed by atoms with Gasteiger partial charge in [-0.15, -0.1) is 0 Å². The zero-order valence-corrected chi connectivity index (χ0v) is 26.9. The summed E-state index contributed by atoms with van der Waals surface area (Å²) in [6, 6.07) is 25.3. The van der Waals surface area contributed by atoms with E-state index in [-0.39, 0.29) is 30.3 Å². The van der Waals surface area contributed by atoms with Gasteiger partial charge >= 0.3 is 0 Å². The summed E-state index contributed by atoms with van der Waals surface area (Å²) in [6.07, 6.45) is 0.325. The minimum Gasteiger partial charge on any atom is -0.497 e. The number of nitrogens with one attached hydrogen (secondary N) is 1. The van der Waals surface area contributed by atoms with Crippen LogP contribution < -0.4 is 15.0 Å². The van der Waals surface area contributed by atoms with E-state index in [9.17, 15) is 9.90 Å². The molecule has 13 nitrogen and oxygen atoms in total. The number of aromatic amines is 1. The number of aliphatic hydroxyl groups is 1. The maximum Gasteiger partial charge on any atom is 0.280 e. The van der Waals surface area contributed by atoms with Gasteiger partial charge in [0.25, 0.3) is 5.56 Å². The Morgan fingerprint density at radius 1 is 1.02 bits per heavy atom. The van der Waals surface area contributed by atoms with Crippen molar-refractivity contribution in [2.45, 2.75) is 29.6 Å². The predicted molar refractivity (Wildman–Crippen MR) is 177 cm³/mol. The minimum atomic E-state index is -1.25. The van der Waals surface area contributed by atoms with Gasteiger partial charge in [-0.05, 0) is 41.0 Å². The lowest BCUT2D eigenvalue weighted by Crippen LogP contribution is -2.48. The number of aliphatic hydroxyl groups excluding tert-OH is 1. The summed E-state index contributed by atoms with van der Waals surface area (Å²) >= 11 is 0. The first-order valence-corrected chi connectivity index (χ1v) is 15.4. The monoisotopic (exact) mass is 652 g/mol. The van der Waals surface area contributed by atoms with Crippen LogP contribution in [0.5, 0.6) is 11.5 Å². The topological polar surface area (TPSA) is 146 Å². The molecule has 248 valence electrons. The van der Waals surface area contributed by atoms with Gasteiger partial charge in [-0.1, -0.05) is 54.6 Å². The van der Waals surface area contributed by atoms with Gasteiger partial charge in [-0.25, -0.2) is 9.98 Å². The molecule has 2 N–H and O–H groups in total. The second kappa shape index (κ2) is 12.5. The van der Waals surface area contributed by atoms with Gasteiger partial charge in [0, 0.05) is 14.1 Å². The largest absolute Gasteiger partial charge is 0.497 e. The second-order valence-electron chi connectivity index (χ2n) is 12.0. The lowest BCUT2D eigenvalue weighted by molar-refractivity contribution is -0.202. The fourth-order valence-corrected chi connectivity index (χ4v) is 6.38. The number of aliphatic imine (C=N–C) groups is 1. The highest BCUT2D eigenvalue weighted by Gasteiger charge is 2.63. The quantitative estimate of drug-likeness (QED) is 0.124. The highest BCUT2D eigenvalue weighted by molar-refractivity contribution is 5.71. The van der Waals surface area contributed by atoms with Crippen molar-refractivity contribution >= 4 is 23.5 Å². The molecule has 0 saturated carbocycles. The molecule has 13 heteroatoms. The molecule has 2 fully saturated rings. The van der Waals surface area contributed by atoms with Crippen LogP contribution in [0.4, 0.5) is 5.95 Å². The van der Waals surface area contributed by atoms with Crippen LogP contribution in [0.2, 0.25) is 0 Å². The zero-order chi connectivity index (χ0) is 33.5. The zero-order valence-electron chi connectivity index (χ0n) is 26.9. The average Bonchev–Trinajstić information content (AvgIpc) is 3.77. The second-order valence-corrected chi connectivity index (χ2v) is 12.0. The first-order valence-electron chi connectivity index (χ1n) is 15.4. The number of fused-ring (bicyclic) bond motifs is 3. The Kier molecular flexibility index (Phi) is 8.21. The number of hydrogen-bond donors (Lipinski definition) is 2. The number of methoxy groups -OCH3 is 2. The van der Waals surface area contributed by atoms with Crippen LogP contribution in [-0.2, 0) is 19.8 Å². The molecule has 5 aromatic rings. The van der Waals surface area contributed by atoms with Gasteiger partial charge < -0.3 is 33.7 Å². The standard InChI is InChI=1S/C35H36N6O7/c1-40(2)20-37-33-38-30-27(31(43)39-33)36-21-41(30)32-28-29(42)34(48-32,18-46-28)19-47-35(22-8-6-5-7-9-22,23-10-14-25(44-3)15-11-23)24-12-16-26(45-4)17-13-24/h5-17,20-21,28-29,32,42H,18-19H2,1-4H3,(H,38,39,43)/b37-20+/t28?,29-,32-,34-/m1/s1. The smallest absolute Gasteiger partial charge is 0.280 e. The van der Waals surface area contributed by atoms with Gasteiger partial charge in [0.2, 0.25) is 5.95 Å². The fourth-order valence-electron chi connectivity index (χ4n) is 6.38. The van der Waals surface area contributed by atoms with Crippen molar-refractivity contribution < 1.29 is 28.8 Å². The molecule has 2 aliphatic heterocycles. The third kappa shape index (κ3) is 5.30. The molecular formula is C35H36N6O7. The number of ether oxygens (including phenoxy) is 5. The number of aromatic nitrogens is 4. The van der Waals surface area contributed by atoms with Crippen molar-refractivity contribution in [1.29, 1.82) is 0 Å². The Labute approximate surface area is 276 Å². The van der Waals surface area contributed by atoms with E-state index in [4.69, 9.17) is 23.7 Å². The van der Waals surface area contributed by atoms with E-state index in [1.165, 1.54) is 12.7 Å². The Morgan fingerprint density at radius 3 is 2.25 bits per heavy atom. The van der Waals surface area contributed by atoms with Crippen molar-refractivity contribution in [2.24, 2.45) is 4.99 Å². The summed E-state index contributed by atoms with van der Waals surface area (Å²) in [6.45, 7) is 0.0393. The molecule has 48 heavy (non-hydrogen) atoms. The molecule has 0 aliphatic carbocycles. The van der Waals surface area contributed by atoms with Gasteiger partial charge in [0.15, 0.2) is 17.4 Å². The van der Waals surface area contributed by atoms with Crippen LogP contribution in [0, 0.1) is 0 Å². The lowest BCUT2D eigenvalue weighted by Gasteiger charge is -2.39. The highest BCUT2D eigenvalue weighted by atomic mass is 16.7. The average molecular weight is 653 g/mol. The number of imidazole rings is 1. The molecule has 2 aromatic heterocycles. The highest BCUT2D eigenvalue weighted by Crippen LogP contribution is 2.48. The molecule has 7 rings (SSSR count). The Bertz CT molecular complexity index is 1930. The number of benzene rings is 3. The van der Waals surface area contributed by atoms with Crippen molar-refractivity contribution in [2.75, 3.05) is 41.5 Å². The van der Waals surface area contributed by atoms with Crippen molar-refractivity contribution in [3.05, 3.63) is 112 Å². The summed E-state index contributed by atoms with van der Waals surface area (Å²) in [7, 11) is 6.86. The van der Waals surface area contributed by atoms with Crippen molar-refractivity contribution in [1.82, 2.24) is 24.4 Å². The maximum absolute atomic E-state index is 12.8. The lowest BCUT2D eigenvalue weighted by atomic mass is 9.79. The maximum atomic E-state index is 12.8. The molecule has 1 unspecified atom stereocenters. The number of rotatable bonds is 11. The number of hydrogen-bond acceptors (Lipinski definition) is 10. The molecule has 3 aromatic carbocycles. The SMILES string of the molecule is COc1ccc(C(OC[C@@]23COC([C@H](n4cnc5c(=O)[nH]c(/N=C/N(C)C)nc54)O2)[C@H]3O)(c2ccccc2)c2ccc(OC)cc2)cc1. The van der Waals surface area contributed by atoms with Crippen molar-refractivity contribution in [3.8, 4) is 11.5 Å². The summed E-state index contributed by atoms with van der Waals surface area (Å²) in [5.41, 5.74) is 0.0823. The summed E-state index contributed by atoms with van der Waals surface area (Å²) in [4.78, 5) is 30.3. The van der Waals surface area contributed by atoms with E-state index < -0.39 is 35.2 Å². The molecule has 0 spiro atoms.